The molecule has 1 nitrogen and oxygen atoms in total. The standard InChI is InChI=1S/C16H18BrNS/c1-2-11-10-12(17)6-7-14(11)18-15-4-3-5-16-13(15)8-9-19-16/h6-10,15,18H,2-5H2,1H3. The van der Waals surface area contributed by atoms with E-state index in [0.717, 1.165) is 10.9 Å². The Morgan fingerprint density at radius 3 is 3.11 bits per heavy atom. The Morgan fingerprint density at radius 2 is 2.26 bits per heavy atom. The molecule has 3 rings (SSSR count). The summed E-state index contributed by atoms with van der Waals surface area (Å²) in [5.41, 5.74) is 4.19. The molecule has 0 saturated carbocycles. The third-order valence-electron chi connectivity index (χ3n) is 3.83. The minimum absolute atomic E-state index is 0.487. The van der Waals surface area contributed by atoms with Crippen molar-refractivity contribution in [1.82, 2.24) is 0 Å². The average Bonchev–Trinajstić information content (AvgIpc) is 2.90. The number of fused-ring (bicyclic) bond motifs is 1. The summed E-state index contributed by atoms with van der Waals surface area (Å²) in [6.07, 6.45) is 4.85. The summed E-state index contributed by atoms with van der Waals surface area (Å²) in [7, 11) is 0. The molecule has 1 atom stereocenters. The van der Waals surface area contributed by atoms with Crippen LogP contribution in [0.15, 0.2) is 34.1 Å². The molecule has 0 saturated heterocycles. The van der Waals surface area contributed by atoms with Gasteiger partial charge in [0.15, 0.2) is 0 Å². The van der Waals surface area contributed by atoms with Crippen LogP contribution < -0.4 is 5.32 Å². The fourth-order valence-electron chi connectivity index (χ4n) is 2.82. The molecule has 100 valence electrons. The Bertz CT molecular complexity index is 576. The van der Waals surface area contributed by atoms with Crippen LogP contribution in [0.5, 0.6) is 0 Å². The van der Waals surface area contributed by atoms with Gasteiger partial charge in [0, 0.05) is 15.0 Å². The van der Waals surface area contributed by atoms with Crippen LogP contribution in [0.4, 0.5) is 5.69 Å². The Kier molecular flexibility index (Phi) is 3.94. The molecule has 2 aromatic rings. The Morgan fingerprint density at radius 1 is 1.37 bits per heavy atom. The van der Waals surface area contributed by atoms with Crippen molar-refractivity contribution < 1.29 is 0 Å². The predicted molar refractivity (Wildman–Crippen MR) is 87.1 cm³/mol. The quantitative estimate of drug-likeness (QED) is 0.773. The summed E-state index contributed by atoms with van der Waals surface area (Å²) < 4.78 is 1.16. The second-order valence-electron chi connectivity index (χ2n) is 5.04. The van der Waals surface area contributed by atoms with Gasteiger partial charge in [-0.2, -0.15) is 0 Å². The highest BCUT2D eigenvalue weighted by atomic mass is 79.9. The molecule has 1 unspecified atom stereocenters. The topological polar surface area (TPSA) is 12.0 Å². The molecular weight excluding hydrogens is 318 g/mol. The number of halogens is 1. The van der Waals surface area contributed by atoms with Crippen molar-refractivity contribution in [2.75, 3.05) is 5.32 Å². The lowest BCUT2D eigenvalue weighted by Crippen LogP contribution is -2.16. The van der Waals surface area contributed by atoms with Crippen molar-refractivity contribution in [1.29, 1.82) is 0 Å². The minimum atomic E-state index is 0.487. The van der Waals surface area contributed by atoms with E-state index in [4.69, 9.17) is 0 Å². The largest absolute Gasteiger partial charge is 0.378 e. The molecule has 1 aromatic carbocycles. The summed E-state index contributed by atoms with van der Waals surface area (Å²) in [6, 6.07) is 9.32. The van der Waals surface area contributed by atoms with Crippen molar-refractivity contribution in [2.45, 2.75) is 38.6 Å². The summed E-state index contributed by atoms with van der Waals surface area (Å²) in [6.45, 7) is 2.21. The van der Waals surface area contributed by atoms with E-state index in [1.165, 1.54) is 36.1 Å². The van der Waals surface area contributed by atoms with Crippen LogP contribution in [-0.4, -0.2) is 0 Å². The van der Waals surface area contributed by atoms with E-state index in [-0.39, 0.29) is 0 Å². The van der Waals surface area contributed by atoms with Crippen molar-refractivity contribution in [3.63, 3.8) is 0 Å². The van der Waals surface area contributed by atoms with Crippen LogP contribution in [0.25, 0.3) is 0 Å². The third kappa shape index (κ3) is 2.72. The maximum Gasteiger partial charge on any atom is 0.0525 e. The lowest BCUT2D eigenvalue weighted by atomic mass is 9.93. The molecule has 1 aromatic heterocycles. The fourth-order valence-corrected chi connectivity index (χ4v) is 4.22. The molecule has 0 bridgehead atoms. The monoisotopic (exact) mass is 335 g/mol. The Hall–Kier alpha value is -0.800. The second-order valence-corrected chi connectivity index (χ2v) is 6.96. The lowest BCUT2D eigenvalue weighted by Gasteiger charge is -2.26. The zero-order valence-electron chi connectivity index (χ0n) is 11.1. The van der Waals surface area contributed by atoms with Crippen LogP contribution in [0, 0.1) is 0 Å². The van der Waals surface area contributed by atoms with E-state index in [2.05, 4.69) is 57.8 Å². The Balaban J connectivity index is 1.87. The number of hydrogen-bond donors (Lipinski definition) is 1. The minimum Gasteiger partial charge on any atom is -0.378 e. The van der Waals surface area contributed by atoms with Crippen LogP contribution in [-0.2, 0) is 12.8 Å². The van der Waals surface area contributed by atoms with Crippen LogP contribution >= 0.6 is 27.3 Å². The first-order valence-electron chi connectivity index (χ1n) is 6.89. The molecule has 19 heavy (non-hydrogen) atoms. The fraction of sp³-hybridized carbons (Fsp3) is 0.375. The van der Waals surface area contributed by atoms with Gasteiger partial charge in [0.25, 0.3) is 0 Å². The number of anilines is 1. The molecule has 0 amide bonds. The van der Waals surface area contributed by atoms with Gasteiger partial charge >= 0.3 is 0 Å². The number of benzene rings is 1. The first-order valence-corrected chi connectivity index (χ1v) is 8.56. The normalized spacial score (nSPS) is 18.1. The van der Waals surface area contributed by atoms with E-state index in [9.17, 15) is 0 Å². The van der Waals surface area contributed by atoms with E-state index in [1.807, 2.05) is 11.3 Å². The molecule has 1 aliphatic carbocycles. The van der Waals surface area contributed by atoms with Gasteiger partial charge < -0.3 is 5.32 Å². The van der Waals surface area contributed by atoms with Gasteiger partial charge in [-0.25, -0.2) is 0 Å². The van der Waals surface area contributed by atoms with Crippen LogP contribution in [0.2, 0.25) is 0 Å². The maximum absolute atomic E-state index is 3.76. The second kappa shape index (κ2) is 5.68. The molecule has 1 heterocycles. The zero-order valence-corrected chi connectivity index (χ0v) is 13.5. The molecule has 0 fully saturated rings. The highest BCUT2D eigenvalue weighted by Gasteiger charge is 2.21. The van der Waals surface area contributed by atoms with E-state index >= 15 is 0 Å². The molecule has 0 radical (unpaired) electrons. The van der Waals surface area contributed by atoms with Crippen molar-refractivity contribution in [3.05, 3.63) is 50.1 Å². The number of thiophene rings is 1. The first kappa shape index (κ1) is 13.2. The maximum atomic E-state index is 3.76. The SMILES string of the molecule is CCc1cc(Br)ccc1NC1CCCc2sccc21. The summed E-state index contributed by atoms with van der Waals surface area (Å²) in [5, 5.41) is 5.98. The van der Waals surface area contributed by atoms with Gasteiger partial charge in [-0.15, -0.1) is 11.3 Å². The number of aryl methyl sites for hydroxylation is 2. The van der Waals surface area contributed by atoms with Gasteiger partial charge in [-0.1, -0.05) is 22.9 Å². The molecule has 1 N–H and O–H groups in total. The lowest BCUT2D eigenvalue weighted by molar-refractivity contribution is 0.608. The van der Waals surface area contributed by atoms with Crippen molar-refractivity contribution in [2.24, 2.45) is 0 Å². The third-order valence-corrected chi connectivity index (χ3v) is 5.32. The van der Waals surface area contributed by atoms with Gasteiger partial charge in [0.1, 0.15) is 0 Å². The van der Waals surface area contributed by atoms with Gasteiger partial charge in [0.2, 0.25) is 0 Å². The highest BCUT2D eigenvalue weighted by Crippen LogP contribution is 2.36. The highest BCUT2D eigenvalue weighted by molar-refractivity contribution is 9.10. The summed E-state index contributed by atoms with van der Waals surface area (Å²) in [4.78, 5) is 1.57. The number of rotatable bonds is 3. The Labute approximate surface area is 127 Å². The van der Waals surface area contributed by atoms with Crippen molar-refractivity contribution in [3.8, 4) is 0 Å². The van der Waals surface area contributed by atoms with Crippen molar-refractivity contribution >= 4 is 33.0 Å². The smallest absolute Gasteiger partial charge is 0.0525 e. The van der Waals surface area contributed by atoms with Gasteiger partial charge in [-0.05, 0) is 66.5 Å². The van der Waals surface area contributed by atoms with Gasteiger partial charge in [-0.3, -0.25) is 0 Å². The van der Waals surface area contributed by atoms with E-state index in [0.29, 0.717) is 6.04 Å². The molecular formula is C16H18BrNS. The average molecular weight is 336 g/mol. The van der Waals surface area contributed by atoms with E-state index in [1.54, 1.807) is 4.88 Å². The summed E-state index contributed by atoms with van der Waals surface area (Å²) >= 11 is 5.46. The van der Waals surface area contributed by atoms with Crippen LogP contribution in [0.1, 0.15) is 41.8 Å². The zero-order chi connectivity index (χ0) is 13.2. The van der Waals surface area contributed by atoms with Gasteiger partial charge in [0.05, 0.1) is 6.04 Å². The van der Waals surface area contributed by atoms with Crippen LogP contribution in [0.3, 0.4) is 0 Å². The molecule has 1 aliphatic rings. The molecule has 0 aliphatic heterocycles. The summed E-state index contributed by atoms with van der Waals surface area (Å²) in [5.74, 6) is 0. The van der Waals surface area contributed by atoms with E-state index < -0.39 is 0 Å². The number of nitrogens with one attached hydrogen (secondary N) is 1. The first-order chi connectivity index (χ1) is 9.28. The number of hydrogen-bond acceptors (Lipinski definition) is 2. The molecule has 3 heteroatoms. The predicted octanol–water partition coefficient (Wildman–Crippen LogP) is 5.56. The molecule has 0 spiro atoms.